The average Bonchev–Trinajstić information content (AvgIpc) is 3.41. The highest BCUT2D eigenvalue weighted by molar-refractivity contribution is 7.80. The lowest BCUT2D eigenvalue weighted by Crippen LogP contribution is -2.58. The first-order valence-electron chi connectivity index (χ1n) is 14.3. The lowest BCUT2D eigenvalue weighted by molar-refractivity contribution is -0.142. The van der Waals surface area contributed by atoms with Crippen molar-refractivity contribution in [3.63, 3.8) is 0 Å². The Balaban J connectivity index is 2.13. The van der Waals surface area contributed by atoms with E-state index in [-0.39, 0.29) is 37.0 Å². The van der Waals surface area contributed by atoms with Gasteiger partial charge in [0.1, 0.15) is 18.1 Å². The Kier molecular flexibility index (Phi) is 14.5. The van der Waals surface area contributed by atoms with Crippen LogP contribution in [0.5, 0.6) is 0 Å². The molecule has 12 N–H and O–H groups in total. The number of fused-ring (bicyclic) bond motifs is 1. The first-order valence-corrected chi connectivity index (χ1v) is 14.9. The van der Waals surface area contributed by atoms with E-state index in [1.807, 2.05) is 38.1 Å². The number of carboxylic acids is 1. The number of nitrogens with one attached hydrogen (secondary N) is 7. The summed E-state index contributed by atoms with van der Waals surface area (Å²) in [6, 6.07) is 3.09. The van der Waals surface area contributed by atoms with Gasteiger partial charge in [-0.1, -0.05) is 38.5 Å². The van der Waals surface area contributed by atoms with Crippen molar-refractivity contribution in [2.75, 3.05) is 18.8 Å². The largest absolute Gasteiger partial charge is 0.480 e. The van der Waals surface area contributed by atoms with Crippen molar-refractivity contribution >= 4 is 59.1 Å². The summed E-state index contributed by atoms with van der Waals surface area (Å²) in [4.78, 5) is 66.4. The van der Waals surface area contributed by atoms with Gasteiger partial charge in [0.05, 0.1) is 12.6 Å². The SMILES string of the molecule is CC[C@H](C)[C@H](N)C(=O)N[C@@H](CS)C(=O)N[C@@H](Cc1c[nH]c2ccccc12)C(=O)NCC(=O)N[C@@H](CCCNC(=N)N)C(=O)O. The number of amides is 4. The number of hydrogen-bond donors (Lipinski definition) is 11. The second-order valence-electron chi connectivity index (χ2n) is 10.4. The number of carbonyl (C=O) groups excluding carboxylic acids is 4. The van der Waals surface area contributed by atoms with E-state index in [4.69, 9.17) is 16.9 Å². The van der Waals surface area contributed by atoms with Crippen LogP contribution in [-0.4, -0.2) is 88.7 Å². The first-order chi connectivity index (χ1) is 20.9. The van der Waals surface area contributed by atoms with E-state index in [9.17, 15) is 29.1 Å². The molecule has 16 heteroatoms. The lowest BCUT2D eigenvalue weighted by atomic mass is 9.99. The maximum atomic E-state index is 13.3. The molecule has 0 aliphatic rings. The van der Waals surface area contributed by atoms with E-state index in [2.05, 4.69) is 44.2 Å². The molecular weight excluding hydrogens is 590 g/mol. The Morgan fingerprint density at radius 3 is 2.32 bits per heavy atom. The molecule has 1 aromatic heterocycles. The van der Waals surface area contributed by atoms with E-state index < -0.39 is 60.3 Å². The fourth-order valence-corrected chi connectivity index (χ4v) is 4.56. The molecule has 2 rings (SSSR count). The number of benzene rings is 1. The molecule has 1 heterocycles. The number of hydrogen-bond acceptors (Lipinski definition) is 8. The molecule has 0 unspecified atom stereocenters. The Morgan fingerprint density at radius 2 is 1.68 bits per heavy atom. The monoisotopic (exact) mass is 633 g/mol. The van der Waals surface area contributed by atoms with Crippen molar-refractivity contribution in [3.8, 4) is 0 Å². The number of para-hydroxylation sites is 1. The summed E-state index contributed by atoms with van der Waals surface area (Å²) in [7, 11) is 0. The third-order valence-electron chi connectivity index (χ3n) is 7.15. The molecule has 0 spiro atoms. The number of aromatic amines is 1. The summed E-state index contributed by atoms with van der Waals surface area (Å²) in [6.45, 7) is 3.41. The van der Waals surface area contributed by atoms with Crippen LogP contribution in [0.1, 0.15) is 38.7 Å². The van der Waals surface area contributed by atoms with Gasteiger partial charge in [0, 0.05) is 35.8 Å². The fourth-order valence-electron chi connectivity index (χ4n) is 4.30. The van der Waals surface area contributed by atoms with Crippen molar-refractivity contribution in [1.82, 2.24) is 31.6 Å². The Labute approximate surface area is 260 Å². The second kappa shape index (κ2) is 17.7. The van der Waals surface area contributed by atoms with Gasteiger partial charge in [0.25, 0.3) is 0 Å². The van der Waals surface area contributed by atoms with Crippen LogP contribution in [0.25, 0.3) is 10.9 Å². The molecule has 2 aromatic rings. The minimum absolute atomic E-state index is 0.0454. The maximum Gasteiger partial charge on any atom is 0.326 e. The van der Waals surface area contributed by atoms with Gasteiger partial charge >= 0.3 is 5.97 Å². The molecule has 0 fully saturated rings. The van der Waals surface area contributed by atoms with Crippen LogP contribution < -0.4 is 38.1 Å². The molecule has 242 valence electrons. The standard InChI is InChI=1S/C28H43N9O6S/c1-3-15(2)23(29)26(41)37-21(14-44)25(40)36-20(11-16-12-33-18-8-5-4-7-17(16)18)24(39)34-13-22(38)35-19(27(42)43)9-6-10-32-28(30)31/h4-5,7-8,12,15,19-21,23,33,44H,3,6,9-11,13-14,29H2,1-2H3,(H,34,39)(H,35,38)(H,36,40)(H,37,41)(H,42,43)(H4,30,31,32)/t15-,19-,20-,21-,23-/m0/s1. The highest BCUT2D eigenvalue weighted by Gasteiger charge is 2.30. The highest BCUT2D eigenvalue weighted by atomic mass is 32.1. The number of aromatic nitrogens is 1. The van der Waals surface area contributed by atoms with E-state index in [1.165, 1.54) is 0 Å². The van der Waals surface area contributed by atoms with Gasteiger partial charge in [-0.3, -0.25) is 24.6 Å². The Bertz CT molecular complexity index is 1320. The molecule has 5 atom stereocenters. The van der Waals surface area contributed by atoms with Gasteiger partial charge in [-0.25, -0.2) is 4.79 Å². The quantitative estimate of drug-likeness (QED) is 0.0413. The number of H-pyrrole nitrogens is 1. The normalized spacial score (nSPS) is 14.4. The molecule has 15 nitrogen and oxygen atoms in total. The summed E-state index contributed by atoms with van der Waals surface area (Å²) in [5.74, 6) is -4.33. The zero-order valence-electron chi connectivity index (χ0n) is 24.8. The van der Waals surface area contributed by atoms with Crippen LogP contribution in [0.15, 0.2) is 30.5 Å². The van der Waals surface area contributed by atoms with Crippen molar-refractivity contribution in [3.05, 3.63) is 36.0 Å². The summed E-state index contributed by atoms with van der Waals surface area (Å²) >= 11 is 4.20. The molecular formula is C28H43N9O6S. The Morgan fingerprint density at radius 1 is 1.00 bits per heavy atom. The predicted molar refractivity (Wildman–Crippen MR) is 169 cm³/mol. The summed E-state index contributed by atoms with van der Waals surface area (Å²) in [5.41, 5.74) is 12.8. The first kappa shape index (κ1) is 35.9. The zero-order chi connectivity index (χ0) is 32.8. The summed E-state index contributed by atoms with van der Waals surface area (Å²) in [5, 5.41) is 30.0. The van der Waals surface area contributed by atoms with Gasteiger partial charge in [-0.2, -0.15) is 12.6 Å². The molecule has 0 aliphatic heterocycles. The van der Waals surface area contributed by atoms with Crippen molar-refractivity contribution in [2.45, 2.75) is 63.7 Å². The molecule has 1 aromatic carbocycles. The summed E-state index contributed by atoms with van der Waals surface area (Å²) in [6.07, 6.45) is 2.80. The van der Waals surface area contributed by atoms with E-state index in [0.717, 1.165) is 16.5 Å². The van der Waals surface area contributed by atoms with Crippen LogP contribution >= 0.6 is 12.6 Å². The molecule has 0 saturated heterocycles. The van der Waals surface area contributed by atoms with Gasteiger partial charge in [0.15, 0.2) is 5.96 Å². The highest BCUT2D eigenvalue weighted by Crippen LogP contribution is 2.19. The average molecular weight is 634 g/mol. The molecule has 0 radical (unpaired) electrons. The summed E-state index contributed by atoms with van der Waals surface area (Å²) < 4.78 is 0. The maximum absolute atomic E-state index is 13.3. The number of guanidine groups is 1. The van der Waals surface area contributed by atoms with Crippen LogP contribution in [0, 0.1) is 11.3 Å². The van der Waals surface area contributed by atoms with E-state index >= 15 is 0 Å². The third kappa shape index (κ3) is 11.1. The molecule has 0 aliphatic carbocycles. The van der Waals surface area contributed by atoms with Crippen molar-refractivity contribution in [2.24, 2.45) is 17.4 Å². The van der Waals surface area contributed by atoms with Crippen LogP contribution in [0.2, 0.25) is 0 Å². The Hall–Kier alpha value is -4.31. The van der Waals surface area contributed by atoms with Crippen molar-refractivity contribution < 1.29 is 29.1 Å². The zero-order valence-corrected chi connectivity index (χ0v) is 25.7. The minimum Gasteiger partial charge on any atom is -0.480 e. The lowest BCUT2D eigenvalue weighted by Gasteiger charge is -2.24. The fraction of sp³-hybridized carbons (Fsp3) is 0.500. The number of aliphatic carboxylic acids is 1. The van der Waals surface area contributed by atoms with Gasteiger partial charge in [-0.05, 0) is 30.4 Å². The van der Waals surface area contributed by atoms with Crippen LogP contribution in [0.4, 0.5) is 0 Å². The van der Waals surface area contributed by atoms with Crippen LogP contribution in [-0.2, 0) is 30.4 Å². The number of thiol groups is 1. The molecule has 0 bridgehead atoms. The van der Waals surface area contributed by atoms with Gasteiger partial charge < -0.3 is 48.1 Å². The smallest absolute Gasteiger partial charge is 0.326 e. The van der Waals surface area contributed by atoms with E-state index in [1.54, 1.807) is 6.20 Å². The molecule has 0 saturated carbocycles. The van der Waals surface area contributed by atoms with Crippen molar-refractivity contribution in [1.29, 1.82) is 5.41 Å². The third-order valence-corrected chi connectivity index (χ3v) is 7.51. The van der Waals surface area contributed by atoms with E-state index in [0.29, 0.717) is 12.8 Å². The van der Waals surface area contributed by atoms with Crippen LogP contribution in [0.3, 0.4) is 0 Å². The van der Waals surface area contributed by atoms with Gasteiger partial charge in [-0.15, -0.1) is 0 Å². The number of carbonyl (C=O) groups is 5. The predicted octanol–water partition coefficient (Wildman–Crippen LogP) is -1.07. The topological polar surface area (TPSA) is 257 Å². The minimum atomic E-state index is -1.26. The molecule has 4 amide bonds. The number of carboxylic acid groups (broad SMARTS) is 1. The second-order valence-corrected chi connectivity index (χ2v) is 10.8. The van der Waals surface area contributed by atoms with Gasteiger partial charge in [0.2, 0.25) is 23.6 Å². The molecule has 44 heavy (non-hydrogen) atoms. The number of rotatable bonds is 18. The number of nitrogens with two attached hydrogens (primary N) is 2.